The van der Waals surface area contributed by atoms with E-state index >= 15 is 0 Å². The normalized spacial score (nSPS) is 14.8. The Morgan fingerprint density at radius 2 is 1.81 bits per heavy atom. The fraction of sp³-hybridized carbons (Fsp3) is 0.348. The van der Waals surface area contributed by atoms with E-state index in [1.807, 2.05) is 34.7 Å². The average molecular weight is 438 g/mol. The number of benzene rings is 2. The van der Waals surface area contributed by atoms with E-state index in [0.29, 0.717) is 22.7 Å². The number of para-hydroxylation sites is 1. The van der Waals surface area contributed by atoms with E-state index in [0.717, 1.165) is 48.7 Å². The van der Waals surface area contributed by atoms with E-state index in [4.69, 9.17) is 16.3 Å². The maximum Gasteiger partial charge on any atom is 0.263 e. The van der Waals surface area contributed by atoms with Crippen LogP contribution in [-0.4, -0.2) is 39.4 Å². The lowest BCUT2D eigenvalue weighted by Crippen LogP contribution is -2.28. The van der Waals surface area contributed by atoms with Crippen LogP contribution in [-0.2, 0) is 6.54 Å². The van der Waals surface area contributed by atoms with Crippen molar-refractivity contribution < 1.29 is 4.74 Å². The molecule has 5 rings (SSSR count). The first-order valence-electron chi connectivity index (χ1n) is 10.6. The van der Waals surface area contributed by atoms with Crippen molar-refractivity contribution >= 4 is 34.2 Å². The van der Waals surface area contributed by atoms with Gasteiger partial charge in [-0.05, 0) is 37.1 Å². The second kappa shape index (κ2) is 8.23. The monoisotopic (exact) mass is 437 g/mol. The number of halogens is 1. The molecule has 1 aliphatic rings. The lowest BCUT2D eigenvalue weighted by molar-refractivity contribution is 0.408. The van der Waals surface area contributed by atoms with Crippen LogP contribution in [0.15, 0.2) is 47.3 Å². The van der Waals surface area contributed by atoms with Gasteiger partial charge in [0.1, 0.15) is 5.75 Å². The summed E-state index contributed by atoms with van der Waals surface area (Å²) in [7, 11) is 1.63. The standard InChI is InChI=1S/C23H24ClN5O2/c1-31-20-9-5-4-8-16(20)15-28-21(30)18-14-17(24)10-11-19(18)29-22(25-26-23(28)29)27-12-6-2-3-7-13-27/h4-5,8-11,14H,2-3,6-7,12-13,15H2,1H3. The van der Waals surface area contributed by atoms with Crippen molar-refractivity contribution in [2.75, 3.05) is 25.1 Å². The first kappa shape index (κ1) is 19.9. The maximum absolute atomic E-state index is 13.5. The highest BCUT2D eigenvalue weighted by atomic mass is 35.5. The molecule has 8 heteroatoms. The van der Waals surface area contributed by atoms with Gasteiger partial charge >= 0.3 is 0 Å². The van der Waals surface area contributed by atoms with Crippen LogP contribution in [0.2, 0.25) is 5.02 Å². The number of fused-ring (bicyclic) bond motifs is 3. The molecule has 31 heavy (non-hydrogen) atoms. The zero-order valence-corrected chi connectivity index (χ0v) is 18.2. The minimum absolute atomic E-state index is 0.147. The summed E-state index contributed by atoms with van der Waals surface area (Å²) in [6.07, 6.45) is 4.70. The van der Waals surface area contributed by atoms with Gasteiger partial charge in [-0.2, -0.15) is 0 Å². The first-order valence-corrected chi connectivity index (χ1v) is 11.0. The smallest absolute Gasteiger partial charge is 0.263 e. The van der Waals surface area contributed by atoms with Gasteiger partial charge < -0.3 is 9.64 Å². The third-order valence-electron chi connectivity index (χ3n) is 5.96. The van der Waals surface area contributed by atoms with E-state index in [1.165, 1.54) is 12.8 Å². The molecule has 0 atom stereocenters. The number of hydrogen-bond acceptors (Lipinski definition) is 5. The van der Waals surface area contributed by atoms with Gasteiger partial charge in [0.25, 0.3) is 5.56 Å². The molecule has 0 bridgehead atoms. The largest absolute Gasteiger partial charge is 0.496 e. The van der Waals surface area contributed by atoms with E-state index in [1.54, 1.807) is 23.8 Å². The molecule has 3 heterocycles. The van der Waals surface area contributed by atoms with Gasteiger partial charge in [0.2, 0.25) is 11.7 Å². The molecular weight excluding hydrogens is 414 g/mol. The van der Waals surface area contributed by atoms with E-state index < -0.39 is 0 Å². The van der Waals surface area contributed by atoms with Crippen LogP contribution in [0.5, 0.6) is 5.75 Å². The number of methoxy groups -OCH3 is 1. The van der Waals surface area contributed by atoms with Crippen LogP contribution >= 0.6 is 11.6 Å². The van der Waals surface area contributed by atoms with Gasteiger partial charge in [-0.1, -0.05) is 42.6 Å². The highest BCUT2D eigenvalue weighted by molar-refractivity contribution is 6.31. The Morgan fingerprint density at radius 3 is 2.58 bits per heavy atom. The van der Waals surface area contributed by atoms with Crippen LogP contribution in [0.25, 0.3) is 16.7 Å². The molecule has 160 valence electrons. The van der Waals surface area contributed by atoms with Gasteiger partial charge in [0.05, 0.1) is 24.6 Å². The molecule has 0 spiro atoms. The van der Waals surface area contributed by atoms with E-state index in [9.17, 15) is 4.79 Å². The van der Waals surface area contributed by atoms with Crippen molar-refractivity contribution in [2.24, 2.45) is 0 Å². The average Bonchev–Trinajstić information content (AvgIpc) is 3.04. The summed E-state index contributed by atoms with van der Waals surface area (Å²) < 4.78 is 9.15. The fourth-order valence-corrected chi connectivity index (χ4v) is 4.56. The number of rotatable bonds is 4. The minimum atomic E-state index is -0.147. The molecule has 2 aromatic carbocycles. The Balaban J connectivity index is 1.76. The highest BCUT2D eigenvalue weighted by Gasteiger charge is 2.22. The SMILES string of the molecule is COc1ccccc1Cn1c(=O)c2cc(Cl)ccc2n2c(N3CCCCCC3)nnc12. The van der Waals surface area contributed by atoms with Gasteiger partial charge in [0, 0.05) is 23.7 Å². The lowest BCUT2D eigenvalue weighted by Gasteiger charge is -2.21. The molecule has 0 radical (unpaired) electrons. The van der Waals surface area contributed by atoms with Gasteiger partial charge in [-0.15, -0.1) is 10.2 Å². The Labute approximate surface area is 184 Å². The summed E-state index contributed by atoms with van der Waals surface area (Å²) in [5.41, 5.74) is 1.52. The molecule has 0 unspecified atom stereocenters. The van der Waals surface area contributed by atoms with Crippen molar-refractivity contribution in [3.05, 3.63) is 63.4 Å². The second-order valence-electron chi connectivity index (χ2n) is 7.90. The van der Waals surface area contributed by atoms with Crippen LogP contribution in [0.4, 0.5) is 5.95 Å². The van der Waals surface area contributed by atoms with Crippen LogP contribution in [0.1, 0.15) is 31.2 Å². The molecule has 1 saturated heterocycles. The molecule has 1 aliphatic heterocycles. The zero-order valence-electron chi connectivity index (χ0n) is 17.4. The summed E-state index contributed by atoms with van der Waals surface area (Å²) in [5, 5.41) is 10.1. The molecule has 0 saturated carbocycles. The summed E-state index contributed by atoms with van der Waals surface area (Å²) in [4.78, 5) is 15.8. The first-order chi connectivity index (χ1) is 15.2. The van der Waals surface area contributed by atoms with Crippen molar-refractivity contribution in [2.45, 2.75) is 32.2 Å². The summed E-state index contributed by atoms with van der Waals surface area (Å²) in [6, 6.07) is 13.1. The Kier molecular flexibility index (Phi) is 5.28. The minimum Gasteiger partial charge on any atom is -0.496 e. The van der Waals surface area contributed by atoms with Crippen molar-refractivity contribution in [1.82, 2.24) is 19.2 Å². The summed E-state index contributed by atoms with van der Waals surface area (Å²) in [6.45, 7) is 2.19. The van der Waals surface area contributed by atoms with Gasteiger partial charge in [0.15, 0.2) is 0 Å². The fourth-order valence-electron chi connectivity index (χ4n) is 4.39. The third-order valence-corrected chi connectivity index (χ3v) is 6.19. The Hall–Kier alpha value is -3.06. The van der Waals surface area contributed by atoms with Crippen molar-refractivity contribution in [1.29, 1.82) is 0 Å². The third kappa shape index (κ3) is 3.53. The van der Waals surface area contributed by atoms with Gasteiger partial charge in [-0.25, -0.2) is 4.40 Å². The molecule has 0 amide bonds. The Bertz CT molecular complexity index is 1300. The number of ether oxygens (including phenoxy) is 1. The van der Waals surface area contributed by atoms with E-state index in [-0.39, 0.29) is 5.56 Å². The van der Waals surface area contributed by atoms with Crippen LogP contribution in [0.3, 0.4) is 0 Å². The van der Waals surface area contributed by atoms with E-state index in [2.05, 4.69) is 15.1 Å². The lowest BCUT2D eigenvalue weighted by atomic mass is 10.2. The molecule has 0 aliphatic carbocycles. The van der Waals surface area contributed by atoms with Gasteiger partial charge in [-0.3, -0.25) is 9.36 Å². The molecule has 7 nitrogen and oxygen atoms in total. The quantitative estimate of drug-likeness (QED) is 0.480. The molecular formula is C23H24ClN5O2. The predicted octanol–water partition coefficient (Wildman–Crippen LogP) is 4.13. The van der Waals surface area contributed by atoms with Crippen LogP contribution < -0.4 is 15.2 Å². The number of aromatic nitrogens is 4. The number of nitrogens with zero attached hydrogens (tertiary/aromatic N) is 5. The highest BCUT2D eigenvalue weighted by Crippen LogP contribution is 2.26. The molecule has 2 aromatic heterocycles. The second-order valence-corrected chi connectivity index (χ2v) is 8.34. The number of hydrogen-bond donors (Lipinski definition) is 0. The topological polar surface area (TPSA) is 64.7 Å². The van der Waals surface area contributed by atoms with Crippen molar-refractivity contribution in [3.63, 3.8) is 0 Å². The summed E-state index contributed by atoms with van der Waals surface area (Å²) >= 11 is 6.27. The molecule has 4 aromatic rings. The van der Waals surface area contributed by atoms with Crippen molar-refractivity contribution in [3.8, 4) is 5.75 Å². The molecule has 0 N–H and O–H groups in total. The summed E-state index contributed by atoms with van der Waals surface area (Å²) in [5.74, 6) is 2.02. The number of anilines is 1. The maximum atomic E-state index is 13.5. The predicted molar refractivity (Wildman–Crippen MR) is 123 cm³/mol. The van der Waals surface area contributed by atoms with Crippen LogP contribution in [0, 0.1) is 0 Å². The zero-order chi connectivity index (χ0) is 21.4. The molecule has 1 fully saturated rings. The Morgan fingerprint density at radius 1 is 1.03 bits per heavy atom.